The van der Waals surface area contributed by atoms with Crippen molar-refractivity contribution in [3.8, 4) is 11.1 Å². The number of benzene rings is 3. The summed E-state index contributed by atoms with van der Waals surface area (Å²) in [5.74, 6) is -0.208. The Morgan fingerprint density at radius 2 is 1.57 bits per heavy atom. The Labute approximate surface area is 217 Å². The third-order valence-corrected chi connectivity index (χ3v) is 6.87. The number of rotatable bonds is 7. The number of carbonyl (C=O) groups excluding carboxylic acids is 1. The molecule has 4 rings (SSSR count). The van der Waals surface area contributed by atoms with E-state index < -0.39 is 11.7 Å². The molecule has 1 fully saturated rings. The zero-order valence-electron chi connectivity index (χ0n) is 21.6. The maximum Gasteiger partial charge on any atom is 0.416 e. The predicted molar refractivity (Wildman–Crippen MR) is 144 cm³/mol. The number of halogens is 3. The number of alkyl halides is 3. The highest BCUT2D eigenvalue weighted by molar-refractivity contribution is 6.09. The molecular formula is C30H34F3N3O. The molecule has 1 aliphatic heterocycles. The molecule has 0 radical (unpaired) electrons. The monoisotopic (exact) mass is 509 g/mol. The van der Waals surface area contributed by atoms with Crippen LogP contribution in [0.4, 0.5) is 24.5 Å². The largest absolute Gasteiger partial charge is 0.416 e. The summed E-state index contributed by atoms with van der Waals surface area (Å²) in [4.78, 5) is 18.2. The number of nitrogens with zero attached hydrogens (tertiary/aromatic N) is 2. The van der Waals surface area contributed by atoms with Crippen LogP contribution in [0.1, 0.15) is 54.6 Å². The molecule has 1 aliphatic rings. The Kier molecular flexibility index (Phi) is 8.22. The van der Waals surface area contributed by atoms with E-state index in [4.69, 9.17) is 0 Å². The fourth-order valence-electron chi connectivity index (χ4n) is 4.89. The van der Waals surface area contributed by atoms with Crippen LogP contribution in [0, 0.1) is 0 Å². The molecule has 1 saturated heterocycles. The van der Waals surface area contributed by atoms with E-state index in [1.54, 1.807) is 6.07 Å². The first-order valence-electron chi connectivity index (χ1n) is 12.9. The molecule has 0 bridgehead atoms. The minimum atomic E-state index is -4.41. The summed E-state index contributed by atoms with van der Waals surface area (Å²) in [5.41, 5.74) is 3.67. The van der Waals surface area contributed by atoms with E-state index in [9.17, 15) is 18.0 Å². The topological polar surface area (TPSA) is 35.6 Å². The van der Waals surface area contributed by atoms with E-state index >= 15 is 0 Å². The van der Waals surface area contributed by atoms with Crippen molar-refractivity contribution in [3.63, 3.8) is 0 Å². The van der Waals surface area contributed by atoms with Crippen LogP contribution >= 0.6 is 0 Å². The lowest BCUT2D eigenvalue weighted by molar-refractivity contribution is -0.137. The van der Waals surface area contributed by atoms with Crippen LogP contribution in [-0.4, -0.2) is 43.5 Å². The van der Waals surface area contributed by atoms with Crippen molar-refractivity contribution in [1.29, 1.82) is 0 Å². The van der Waals surface area contributed by atoms with Gasteiger partial charge in [0.15, 0.2) is 0 Å². The molecule has 1 heterocycles. The van der Waals surface area contributed by atoms with Crippen LogP contribution in [-0.2, 0) is 6.18 Å². The summed E-state index contributed by atoms with van der Waals surface area (Å²) < 4.78 is 39.3. The second-order valence-electron chi connectivity index (χ2n) is 9.83. The van der Waals surface area contributed by atoms with Gasteiger partial charge in [-0.2, -0.15) is 13.2 Å². The Bertz CT molecular complexity index is 1200. The van der Waals surface area contributed by atoms with Gasteiger partial charge in [0.05, 0.1) is 5.56 Å². The van der Waals surface area contributed by atoms with Gasteiger partial charge >= 0.3 is 6.18 Å². The summed E-state index contributed by atoms with van der Waals surface area (Å²) in [6.07, 6.45) is -3.25. The summed E-state index contributed by atoms with van der Waals surface area (Å²) >= 11 is 0. The second-order valence-corrected chi connectivity index (χ2v) is 9.83. The molecule has 0 aliphatic carbocycles. The van der Waals surface area contributed by atoms with E-state index in [1.807, 2.05) is 50.2 Å². The van der Waals surface area contributed by atoms with Gasteiger partial charge < -0.3 is 10.2 Å². The average molecular weight is 510 g/mol. The number of piperazine rings is 1. The summed E-state index contributed by atoms with van der Waals surface area (Å²) in [7, 11) is 0. The minimum Gasteiger partial charge on any atom is -0.369 e. The maximum atomic E-state index is 13.4. The Balaban J connectivity index is 1.54. The summed E-state index contributed by atoms with van der Waals surface area (Å²) in [6, 6.07) is 18.3. The molecule has 3 aromatic carbocycles. The van der Waals surface area contributed by atoms with E-state index in [0.29, 0.717) is 22.4 Å². The molecular weight excluding hydrogens is 475 g/mol. The van der Waals surface area contributed by atoms with Crippen LogP contribution in [0.15, 0.2) is 66.7 Å². The zero-order valence-corrected chi connectivity index (χ0v) is 21.6. The van der Waals surface area contributed by atoms with Gasteiger partial charge in [0.1, 0.15) is 0 Å². The molecule has 1 amide bonds. The van der Waals surface area contributed by atoms with Crippen LogP contribution in [0.5, 0.6) is 0 Å². The smallest absolute Gasteiger partial charge is 0.369 e. The van der Waals surface area contributed by atoms with Crippen LogP contribution in [0.25, 0.3) is 11.1 Å². The molecule has 0 atom stereocenters. The van der Waals surface area contributed by atoms with Crippen molar-refractivity contribution >= 4 is 17.3 Å². The van der Waals surface area contributed by atoms with Crippen LogP contribution in [0.3, 0.4) is 0 Å². The van der Waals surface area contributed by atoms with Gasteiger partial charge in [-0.25, -0.2) is 0 Å². The highest BCUT2D eigenvalue weighted by Crippen LogP contribution is 2.36. The quantitative estimate of drug-likeness (QED) is 0.364. The molecule has 196 valence electrons. The van der Waals surface area contributed by atoms with Crippen molar-refractivity contribution in [3.05, 3.63) is 83.4 Å². The van der Waals surface area contributed by atoms with Gasteiger partial charge in [-0.15, -0.1) is 0 Å². The molecule has 0 unspecified atom stereocenters. The van der Waals surface area contributed by atoms with Crippen LogP contribution < -0.4 is 10.2 Å². The Morgan fingerprint density at radius 3 is 2.14 bits per heavy atom. The lowest BCUT2D eigenvalue weighted by atomic mass is 9.88. The molecule has 7 heteroatoms. The fraction of sp³-hybridized carbons (Fsp3) is 0.367. The number of hydrogen-bond acceptors (Lipinski definition) is 3. The lowest BCUT2D eigenvalue weighted by Crippen LogP contribution is -2.46. The van der Waals surface area contributed by atoms with Crippen molar-refractivity contribution < 1.29 is 18.0 Å². The number of nitrogens with one attached hydrogen (secondary N) is 1. The second kappa shape index (κ2) is 11.4. The van der Waals surface area contributed by atoms with Gasteiger partial charge in [0.2, 0.25) is 0 Å². The predicted octanol–water partition coefficient (Wildman–Crippen LogP) is 7.28. The zero-order chi connectivity index (χ0) is 26.6. The van der Waals surface area contributed by atoms with Gasteiger partial charge in [0, 0.05) is 43.1 Å². The lowest BCUT2D eigenvalue weighted by Gasteiger charge is -2.36. The van der Waals surface area contributed by atoms with Gasteiger partial charge in [0.25, 0.3) is 5.91 Å². The molecule has 1 N–H and O–H groups in total. The van der Waals surface area contributed by atoms with Crippen molar-refractivity contribution in [1.82, 2.24) is 4.90 Å². The molecule has 4 nitrogen and oxygen atoms in total. The van der Waals surface area contributed by atoms with E-state index in [2.05, 4.69) is 22.0 Å². The molecule has 37 heavy (non-hydrogen) atoms. The Morgan fingerprint density at radius 1 is 0.919 bits per heavy atom. The van der Waals surface area contributed by atoms with Crippen molar-refractivity contribution in [2.75, 3.05) is 42.9 Å². The number of carbonyl (C=O) groups is 1. The van der Waals surface area contributed by atoms with Crippen molar-refractivity contribution in [2.45, 2.75) is 39.3 Å². The van der Waals surface area contributed by atoms with Crippen molar-refractivity contribution in [2.24, 2.45) is 0 Å². The third-order valence-electron chi connectivity index (χ3n) is 6.87. The highest BCUT2D eigenvalue weighted by Gasteiger charge is 2.30. The maximum absolute atomic E-state index is 13.4. The third kappa shape index (κ3) is 6.34. The molecule has 0 spiro atoms. The van der Waals surface area contributed by atoms with Crippen LogP contribution in [0.2, 0.25) is 0 Å². The number of anilines is 2. The molecule has 0 saturated carbocycles. The van der Waals surface area contributed by atoms with Gasteiger partial charge in [-0.05, 0) is 78.0 Å². The van der Waals surface area contributed by atoms with E-state index in [0.717, 1.165) is 62.5 Å². The average Bonchev–Trinajstić information content (AvgIpc) is 2.89. The Hall–Kier alpha value is -3.32. The fourth-order valence-corrected chi connectivity index (χ4v) is 4.89. The number of amides is 1. The SMILES string of the molecule is CCCN1CCN(c2ccc(NC(=O)c3cccc(C(C)C)c3-c3ccc(C(F)(F)F)cc3)cc2)CC1. The van der Waals surface area contributed by atoms with Gasteiger partial charge in [-0.1, -0.05) is 45.0 Å². The van der Waals surface area contributed by atoms with E-state index in [-0.39, 0.29) is 11.8 Å². The first kappa shape index (κ1) is 26.7. The molecule has 3 aromatic rings. The standard InChI is InChI=1S/C30H34F3N3O/c1-4-16-35-17-19-36(20-18-35)25-14-12-24(13-15-25)34-29(37)27-7-5-6-26(21(2)3)28(27)22-8-10-23(11-9-22)30(31,32)33/h5-15,21H,4,16-20H2,1-3H3,(H,34,37). The summed E-state index contributed by atoms with van der Waals surface area (Å²) in [6.45, 7) is 11.4. The normalized spacial score (nSPS) is 14.7. The summed E-state index contributed by atoms with van der Waals surface area (Å²) in [5, 5.41) is 2.98. The highest BCUT2D eigenvalue weighted by atomic mass is 19.4. The van der Waals surface area contributed by atoms with Gasteiger partial charge in [-0.3, -0.25) is 9.69 Å². The molecule has 0 aromatic heterocycles. The minimum absolute atomic E-state index is 0.0853. The number of hydrogen-bond donors (Lipinski definition) is 1. The first-order valence-corrected chi connectivity index (χ1v) is 12.9. The first-order chi connectivity index (χ1) is 17.7. The van der Waals surface area contributed by atoms with E-state index in [1.165, 1.54) is 12.1 Å².